The summed E-state index contributed by atoms with van der Waals surface area (Å²) in [6.07, 6.45) is 1.57. The molecule has 0 bridgehead atoms. The number of benzene rings is 2. The van der Waals surface area contributed by atoms with Crippen LogP contribution in [0.25, 0.3) is 10.9 Å². The van der Waals surface area contributed by atoms with Crippen molar-refractivity contribution in [2.24, 2.45) is 0 Å². The first-order valence-corrected chi connectivity index (χ1v) is 7.25. The summed E-state index contributed by atoms with van der Waals surface area (Å²) in [5.41, 5.74) is 1.58. The van der Waals surface area contributed by atoms with Gasteiger partial charge in [-0.2, -0.15) is 0 Å². The molecule has 4 nitrogen and oxygen atoms in total. The van der Waals surface area contributed by atoms with Crippen LogP contribution in [0, 0.1) is 0 Å². The van der Waals surface area contributed by atoms with Gasteiger partial charge >= 0.3 is 0 Å². The number of halogens is 1. The molecule has 0 spiro atoms. The molecule has 3 rings (SSSR count). The van der Waals surface area contributed by atoms with E-state index in [9.17, 15) is 4.79 Å². The molecule has 0 atom stereocenters. The fourth-order valence-corrected chi connectivity index (χ4v) is 2.68. The van der Waals surface area contributed by atoms with E-state index in [1.807, 2.05) is 36.4 Å². The summed E-state index contributed by atoms with van der Waals surface area (Å²) in [6.45, 7) is 0.416. The van der Waals surface area contributed by atoms with Crippen molar-refractivity contribution in [2.75, 3.05) is 7.11 Å². The number of rotatable bonds is 3. The fourth-order valence-electron chi connectivity index (χ4n) is 2.27. The topological polar surface area (TPSA) is 44.1 Å². The molecule has 1 aromatic heterocycles. The number of fused-ring (bicyclic) bond motifs is 1. The van der Waals surface area contributed by atoms with E-state index in [4.69, 9.17) is 4.74 Å². The van der Waals surface area contributed by atoms with E-state index >= 15 is 0 Å². The van der Waals surface area contributed by atoms with Crippen LogP contribution < -0.4 is 10.3 Å². The van der Waals surface area contributed by atoms with Gasteiger partial charge in [-0.3, -0.25) is 9.36 Å². The van der Waals surface area contributed by atoms with Crippen LogP contribution in [-0.4, -0.2) is 16.7 Å². The number of nitrogens with zero attached hydrogens (tertiary/aromatic N) is 2. The van der Waals surface area contributed by atoms with E-state index in [1.165, 1.54) is 0 Å². The first-order chi connectivity index (χ1) is 10.2. The minimum absolute atomic E-state index is 0.0531. The predicted octanol–water partition coefficient (Wildman–Crippen LogP) is 3.22. The smallest absolute Gasteiger partial charge is 0.261 e. The van der Waals surface area contributed by atoms with Crippen LogP contribution in [0.15, 0.2) is 58.1 Å². The van der Waals surface area contributed by atoms with Crippen molar-refractivity contribution >= 4 is 26.8 Å². The third-order valence-electron chi connectivity index (χ3n) is 3.31. The Morgan fingerprint density at radius 2 is 2.05 bits per heavy atom. The lowest BCUT2D eigenvalue weighted by atomic mass is 10.2. The van der Waals surface area contributed by atoms with Crippen LogP contribution in [0.1, 0.15) is 5.56 Å². The Balaban J connectivity index is 2.08. The van der Waals surface area contributed by atoms with E-state index < -0.39 is 0 Å². The van der Waals surface area contributed by atoms with Gasteiger partial charge in [0.2, 0.25) is 0 Å². The maximum absolute atomic E-state index is 12.5. The maximum atomic E-state index is 12.5. The van der Waals surface area contributed by atoms with E-state index in [2.05, 4.69) is 20.9 Å². The Morgan fingerprint density at radius 3 is 2.86 bits per heavy atom. The summed E-state index contributed by atoms with van der Waals surface area (Å²) in [5.74, 6) is 0.748. The highest BCUT2D eigenvalue weighted by Gasteiger charge is 2.08. The van der Waals surface area contributed by atoms with Crippen molar-refractivity contribution in [2.45, 2.75) is 6.54 Å². The number of ether oxygens (including phenoxy) is 1. The predicted molar refractivity (Wildman–Crippen MR) is 85.8 cm³/mol. The van der Waals surface area contributed by atoms with Gasteiger partial charge in [-0.05, 0) is 30.3 Å². The number of methoxy groups -OCH3 is 1. The number of hydrogen-bond acceptors (Lipinski definition) is 3. The molecule has 0 aliphatic carbocycles. The summed E-state index contributed by atoms with van der Waals surface area (Å²) in [7, 11) is 1.62. The standard InChI is InChI=1S/C16H13BrN2O2/c1-21-15-7-6-12(17)8-11(15)9-19-10-18-14-5-3-2-4-13(14)16(19)20/h2-8,10H,9H2,1H3. The van der Waals surface area contributed by atoms with Crippen molar-refractivity contribution in [1.82, 2.24) is 9.55 Å². The highest BCUT2D eigenvalue weighted by molar-refractivity contribution is 9.10. The van der Waals surface area contributed by atoms with Gasteiger partial charge < -0.3 is 4.74 Å². The minimum atomic E-state index is -0.0531. The van der Waals surface area contributed by atoms with Crippen molar-refractivity contribution in [3.63, 3.8) is 0 Å². The van der Waals surface area contributed by atoms with E-state index in [0.29, 0.717) is 17.4 Å². The molecule has 0 saturated carbocycles. The van der Waals surface area contributed by atoms with E-state index in [1.54, 1.807) is 24.1 Å². The van der Waals surface area contributed by atoms with Gasteiger partial charge in [-0.25, -0.2) is 4.98 Å². The highest BCUT2D eigenvalue weighted by atomic mass is 79.9. The van der Waals surface area contributed by atoms with Crippen LogP contribution in [-0.2, 0) is 6.54 Å². The van der Waals surface area contributed by atoms with Gasteiger partial charge in [0.15, 0.2) is 0 Å². The van der Waals surface area contributed by atoms with Crippen LogP contribution >= 0.6 is 15.9 Å². The molecule has 0 aliphatic heterocycles. The molecule has 0 fully saturated rings. The van der Waals surface area contributed by atoms with Gasteiger partial charge in [-0.15, -0.1) is 0 Å². The molecule has 1 heterocycles. The minimum Gasteiger partial charge on any atom is -0.496 e. The van der Waals surface area contributed by atoms with Crippen molar-refractivity contribution < 1.29 is 4.74 Å². The molecule has 0 N–H and O–H groups in total. The van der Waals surface area contributed by atoms with Gasteiger partial charge in [0, 0.05) is 10.0 Å². The molecule has 0 unspecified atom stereocenters. The Bertz CT molecular complexity index is 858. The molecular formula is C16H13BrN2O2. The Kier molecular flexibility index (Phi) is 3.75. The molecule has 0 aliphatic rings. The van der Waals surface area contributed by atoms with Crippen LogP contribution in [0.2, 0.25) is 0 Å². The number of para-hydroxylation sites is 1. The Hall–Kier alpha value is -2.14. The van der Waals surface area contributed by atoms with Gasteiger partial charge in [0.1, 0.15) is 5.75 Å². The molecule has 5 heteroatoms. The number of aromatic nitrogens is 2. The highest BCUT2D eigenvalue weighted by Crippen LogP contribution is 2.23. The quantitative estimate of drug-likeness (QED) is 0.732. The largest absolute Gasteiger partial charge is 0.496 e. The number of hydrogen-bond donors (Lipinski definition) is 0. The normalized spacial score (nSPS) is 10.8. The molecule has 0 radical (unpaired) electrons. The summed E-state index contributed by atoms with van der Waals surface area (Å²) < 4.78 is 7.88. The first kappa shape index (κ1) is 13.8. The van der Waals surface area contributed by atoms with Crippen molar-refractivity contribution in [3.05, 3.63) is 69.2 Å². The molecule has 3 aromatic rings. The van der Waals surface area contributed by atoms with Gasteiger partial charge in [-0.1, -0.05) is 28.1 Å². The fraction of sp³-hybridized carbons (Fsp3) is 0.125. The summed E-state index contributed by atoms with van der Waals surface area (Å²) in [6, 6.07) is 13.1. The third-order valence-corrected chi connectivity index (χ3v) is 3.81. The van der Waals surface area contributed by atoms with Crippen molar-refractivity contribution in [3.8, 4) is 5.75 Å². The Morgan fingerprint density at radius 1 is 1.24 bits per heavy atom. The SMILES string of the molecule is COc1ccc(Br)cc1Cn1cnc2ccccc2c1=O. The third kappa shape index (κ3) is 2.69. The zero-order valence-electron chi connectivity index (χ0n) is 11.4. The molecule has 106 valence electrons. The summed E-state index contributed by atoms with van der Waals surface area (Å²) >= 11 is 3.44. The molecule has 0 amide bonds. The average molecular weight is 345 g/mol. The van der Waals surface area contributed by atoms with Crippen LogP contribution in [0.5, 0.6) is 5.75 Å². The molecule has 21 heavy (non-hydrogen) atoms. The zero-order chi connectivity index (χ0) is 14.8. The van der Waals surface area contributed by atoms with Crippen LogP contribution in [0.4, 0.5) is 0 Å². The Labute approximate surface area is 130 Å². The second-order valence-electron chi connectivity index (χ2n) is 4.65. The second-order valence-corrected chi connectivity index (χ2v) is 5.57. The van der Waals surface area contributed by atoms with Crippen molar-refractivity contribution in [1.29, 1.82) is 0 Å². The van der Waals surface area contributed by atoms with Crippen LogP contribution in [0.3, 0.4) is 0 Å². The maximum Gasteiger partial charge on any atom is 0.261 e. The zero-order valence-corrected chi connectivity index (χ0v) is 13.0. The molecule has 0 saturated heterocycles. The van der Waals surface area contributed by atoms with E-state index in [-0.39, 0.29) is 5.56 Å². The molecular weight excluding hydrogens is 332 g/mol. The first-order valence-electron chi connectivity index (χ1n) is 6.45. The van der Waals surface area contributed by atoms with E-state index in [0.717, 1.165) is 15.8 Å². The molecule has 2 aromatic carbocycles. The van der Waals surface area contributed by atoms with Gasteiger partial charge in [0.25, 0.3) is 5.56 Å². The second kappa shape index (κ2) is 5.69. The lowest BCUT2D eigenvalue weighted by Crippen LogP contribution is -2.21. The summed E-state index contributed by atoms with van der Waals surface area (Å²) in [5, 5.41) is 0.619. The average Bonchev–Trinajstić information content (AvgIpc) is 2.51. The van der Waals surface area contributed by atoms with Gasteiger partial charge in [0.05, 0.1) is 30.9 Å². The lowest BCUT2D eigenvalue weighted by Gasteiger charge is -2.11. The monoisotopic (exact) mass is 344 g/mol. The summed E-state index contributed by atoms with van der Waals surface area (Å²) in [4.78, 5) is 16.8. The lowest BCUT2D eigenvalue weighted by molar-refractivity contribution is 0.408.